The second-order valence-electron chi connectivity index (χ2n) is 7.85. The zero-order valence-corrected chi connectivity index (χ0v) is 17.2. The number of nitrogens with one attached hydrogen (secondary N) is 2. The van der Waals surface area contributed by atoms with E-state index >= 15 is 0 Å². The summed E-state index contributed by atoms with van der Waals surface area (Å²) in [5.41, 5.74) is 5.36. The minimum absolute atomic E-state index is 0.101. The number of carbonyl (C=O) groups excluding carboxylic acids is 3. The molecule has 1 saturated heterocycles. The number of hydrogen-bond acceptors (Lipinski definition) is 5. The third kappa shape index (κ3) is 6.47. The van der Waals surface area contributed by atoms with Crippen LogP contribution in [-0.4, -0.2) is 64.9 Å². The van der Waals surface area contributed by atoms with Gasteiger partial charge in [-0.3, -0.25) is 14.4 Å². The Balaban J connectivity index is 2.93. The van der Waals surface area contributed by atoms with Crippen LogP contribution in [0.5, 0.6) is 0 Å². The quantitative estimate of drug-likeness (QED) is 0.411. The zero-order chi connectivity index (χ0) is 21.4. The largest absolute Gasteiger partial charge is 0.480 e. The molecule has 0 saturated carbocycles. The molecule has 0 aliphatic carbocycles. The van der Waals surface area contributed by atoms with Crippen molar-refractivity contribution in [2.45, 2.75) is 71.5 Å². The predicted molar refractivity (Wildman–Crippen MR) is 104 cm³/mol. The summed E-state index contributed by atoms with van der Waals surface area (Å²) < 4.78 is 0. The number of hydrogen-bond donors (Lipinski definition) is 4. The summed E-state index contributed by atoms with van der Waals surface area (Å²) >= 11 is 0. The molecule has 1 aliphatic heterocycles. The standard InChI is InChI=1S/C19H34N4O5/c1-5-12(4)16(22-15(24)10-20)18(26)23-8-6-7-14(23)17(25)21-13(19(27)28)9-11(2)3/h11-14,16H,5-10,20H2,1-4H3,(H,21,25)(H,22,24)(H,27,28). The first-order valence-electron chi connectivity index (χ1n) is 9.95. The Bertz CT molecular complexity index is 581. The van der Waals surface area contributed by atoms with Crippen molar-refractivity contribution < 1.29 is 24.3 Å². The summed E-state index contributed by atoms with van der Waals surface area (Å²) in [5, 5.41) is 14.6. The van der Waals surface area contributed by atoms with Gasteiger partial charge in [-0.25, -0.2) is 4.79 Å². The third-order valence-corrected chi connectivity index (χ3v) is 5.14. The number of aliphatic carboxylic acids is 1. The third-order valence-electron chi connectivity index (χ3n) is 5.14. The van der Waals surface area contributed by atoms with Gasteiger partial charge in [0.15, 0.2) is 0 Å². The Morgan fingerprint density at radius 3 is 2.32 bits per heavy atom. The maximum absolute atomic E-state index is 13.1. The van der Waals surface area contributed by atoms with E-state index in [2.05, 4.69) is 10.6 Å². The van der Waals surface area contributed by atoms with Gasteiger partial charge in [0.2, 0.25) is 17.7 Å². The van der Waals surface area contributed by atoms with Crippen LogP contribution < -0.4 is 16.4 Å². The van der Waals surface area contributed by atoms with E-state index in [0.29, 0.717) is 32.2 Å². The van der Waals surface area contributed by atoms with Gasteiger partial charge in [-0.2, -0.15) is 0 Å². The molecule has 1 rings (SSSR count). The summed E-state index contributed by atoms with van der Waals surface area (Å²) in [5.74, 6) is -2.34. The van der Waals surface area contributed by atoms with Crippen LogP contribution in [0.25, 0.3) is 0 Å². The number of carboxylic acid groups (broad SMARTS) is 1. The van der Waals surface area contributed by atoms with Crippen LogP contribution in [0, 0.1) is 11.8 Å². The maximum Gasteiger partial charge on any atom is 0.326 e. The molecular formula is C19H34N4O5. The molecule has 0 radical (unpaired) electrons. The molecule has 9 nitrogen and oxygen atoms in total. The lowest BCUT2D eigenvalue weighted by atomic mass is 9.97. The Labute approximate surface area is 166 Å². The topological polar surface area (TPSA) is 142 Å². The predicted octanol–water partition coefficient (Wildman–Crippen LogP) is 0.0825. The monoisotopic (exact) mass is 398 g/mol. The van der Waals surface area contributed by atoms with E-state index in [1.54, 1.807) is 0 Å². The summed E-state index contributed by atoms with van der Waals surface area (Å²) in [6.07, 6.45) is 2.08. The maximum atomic E-state index is 13.1. The molecule has 0 aromatic rings. The fourth-order valence-electron chi connectivity index (χ4n) is 3.36. The van der Waals surface area contributed by atoms with E-state index in [0.717, 1.165) is 0 Å². The molecule has 0 aromatic heterocycles. The molecule has 28 heavy (non-hydrogen) atoms. The van der Waals surface area contributed by atoms with Crippen LogP contribution >= 0.6 is 0 Å². The number of nitrogens with two attached hydrogens (primary N) is 1. The van der Waals surface area contributed by atoms with Crippen molar-refractivity contribution in [2.75, 3.05) is 13.1 Å². The minimum Gasteiger partial charge on any atom is -0.480 e. The van der Waals surface area contributed by atoms with Crippen LogP contribution in [0.4, 0.5) is 0 Å². The molecule has 0 bridgehead atoms. The molecule has 9 heteroatoms. The Kier molecular flexibility index (Phi) is 9.37. The fraction of sp³-hybridized carbons (Fsp3) is 0.789. The normalized spacial score (nSPS) is 19.8. The highest BCUT2D eigenvalue weighted by Crippen LogP contribution is 2.22. The van der Waals surface area contributed by atoms with Crippen LogP contribution in [-0.2, 0) is 19.2 Å². The number of amides is 3. The minimum atomic E-state index is -1.09. The number of rotatable bonds is 10. The summed E-state index contributed by atoms with van der Waals surface area (Å²) in [6.45, 7) is 7.70. The van der Waals surface area contributed by atoms with Crippen molar-refractivity contribution in [3.63, 3.8) is 0 Å². The van der Waals surface area contributed by atoms with Crippen molar-refractivity contribution in [1.82, 2.24) is 15.5 Å². The van der Waals surface area contributed by atoms with Gasteiger partial charge in [-0.15, -0.1) is 0 Å². The van der Waals surface area contributed by atoms with Crippen LogP contribution in [0.1, 0.15) is 53.4 Å². The number of likely N-dealkylation sites (tertiary alicyclic amines) is 1. The van der Waals surface area contributed by atoms with Crippen LogP contribution in [0.3, 0.4) is 0 Å². The molecule has 4 unspecified atom stereocenters. The van der Waals surface area contributed by atoms with E-state index < -0.39 is 35.9 Å². The molecule has 3 amide bonds. The first kappa shape index (κ1) is 23.9. The zero-order valence-electron chi connectivity index (χ0n) is 17.2. The van der Waals surface area contributed by atoms with Crippen LogP contribution in [0.2, 0.25) is 0 Å². The summed E-state index contributed by atoms with van der Waals surface area (Å²) in [6, 6.07) is -2.49. The SMILES string of the molecule is CCC(C)C(NC(=O)CN)C(=O)N1CCCC1C(=O)NC(CC(C)C)C(=O)O. The van der Waals surface area contributed by atoms with Crippen molar-refractivity contribution in [3.05, 3.63) is 0 Å². The van der Waals surface area contributed by atoms with Crippen molar-refractivity contribution in [2.24, 2.45) is 17.6 Å². The molecule has 1 heterocycles. The fourth-order valence-corrected chi connectivity index (χ4v) is 3.36. The molecule has 4 atom stereocenters. The number of carbonyl (C=O) groups is 4. The highest BCUT2D eigenvalue weighted by Gasteiger charge is 2.40. The molecule has 0 aromatic carbocycles. The number of nitrogens with zero attached hydrogens (tertiary/aromatic N) is 1. The molecule has 1 aliphatic rings. The molecule has 1 fully saturated rings. The van der Waals surface area contributed by atoms with E-state index in [1.165, 1.54) is 4.90 Å². The Hall–Kier alpha value is -2.16. The smallest absolute Gasteiger partial charge is 0.326 e. The lowest BCUT2D eigenvalue weighted by Crippen LogP contribution is -2.57. The summed E-state index contributed by atoms with van der Waals surface area (Å²) in [4.78, 5) is 50.4. The van der Waals surface area contributed by atoms with E-state index in [9.17, 15) is 24.3 Å². The second kappa shape index (κ2) is 11.0. The first-order valence-corrected chi connectivity index (χ1v) is 9.95. The van der Waals surface area contributed by atoms with Crippen molar-refractivity contribution >= 4 is 23.7 Å². The molecule has 5 N–H and O–H groups in total. The summed E-state index contributed by atoms with van der Waals surface area (Å²) in [7, 11) is 0. The Morgan fingerprint density at radius 2 is 1.82 bits per heavy atom. The van der Waals surface area contributed by atoms with Gasteiger partial charge in [-0.1, -0.05) is 34.1 Å². The molecular weight excluding hydrogens is 364 g/mol. The molecule has 160 valence electrons. The average molecular weight is 399 g/mol. The lowest BCUT2D eigenvalue weighted by Gasteiger charge is -2.31. The van der Waals surface area contributed by atoms with Gasteiger partial charge in [-0.05, 0) is 31.1 Å². The van der Waals surface area contributed by atoms with Crippen LogP contribution in [0.15, 0.2) is 0 Å². The van der Waals surface area contributed by atoms with Gasteiger partial charge >= 0.3 is 5.97 Å². The van der Waals surface area contributed by atoms with Crippen molar-refractivity contribution in [3.8, 4) is 0 Å². The lowest BCUT2D eigenvalue weighted by molar-refractivity contribution is -0.145. The highest BCUT2D eigenvalue weighted by atomic mass is 16.4. The molecule has 0 spiro atoms. The second-order valence-corrected chi connectivity index (χ2v) is 7.85. The van der Waals surface area contributed by atoms with Crippen molar-refractivity contribution in [1.29, 1.82) is 0 Å². The van der Waals surface area contributed by atoms with Gasteiger partial charge in [0.05, 0.1) is 6.54 Å². The Morgan fingerprint density at radius 1 is 1.18 bits per heavy atom. The van der Waals surface area contributed by atoms with Gasteiger partial charge in [0.1, 0.15) is 18.1 Å². The van der Waals surface area contributed by atoms with Gasteiger partial charge < -0.3 is 26.4 Å². The highest BCUT2D eigenvalue weighted by molar-refractivity contribution is 5.94. The van der Waals surface area contributed by atoms with Gasteiger partial charge in [0.25, 0.3) is 0 Å². The first-order chi connectivity index (χ1) is 13.1. The van der Waals surface area contributed by atoms with Gasteiger partial charge in [0, 0.05) is 6.54 Å². The number of carboxylic acids is 1. The average Bonchev–Trinajstić information content (AvgIpc) is 3.13. The van der Waals surface area contributed by atoms with E-state index in [-0.39, 0.29) is 24.3 Å². The van der Waals surface area contributed by atoms with E-state index in [1.807, 2.05) is 27.7 Å². The van der Waals surface area contributed by atoms with E-state index in [4.69, 9.17) is 5.73 Å².